The summed E-state index contributed by atoms with van der Waals surface area (Å²) in [5.74, 6) is -2.42. The Bertz CT molecular complexity index is 866. The predicted molar refractivity (Wildman–Crippen MR) is 110 cm³/mol. The van der Waals surface area contributed by atoms with Crippen LogP contribution in [-0.2, 0) is 14.3 Å². The number of carboxylic acid groups (broad SMARTS) is 1. The Balaban J connectivity index is 1.88. The van der Waals surface area contributed by atoms with Crippen LogP contribution in [0.25, 0.3) is 0 Å². The molecule has 0 unspecified atom stereocenters. The summed E-state index contributed by atoms with van der Waals surface area (Å²) in [5.41, 5.74) is 1.27. The normalized spacial score (nSPS) is 11.3. The van der Waals surface area contributed by atoms with Crippen LogP contribution >= 0.6 is 11.8 Å². The molecule has 0 fully saturated rings. The van der Waals surface area contributed by atoms with Gasteiger partial charge in [-0.1, -0.05) is 30.3 Å². The van der Waals surface area contributed by atoms with Crippen molar-refractivity contribution in [1.29, 1.82) is 0 Å². The van der Waals surface area contributed by atoms with Gasteiger partial charge in [0.2, 0.25) is 5.91 Å². The van der Waals surface area contributed by atoms with Gasteiger partial charge in [-0.05, 0) is 31.2 Å². The van der Waals surface area contributed by atoms with Crippen LogP contribution in [0, 0.1) is 0 Å². The van der Waals surface area contributed by atoms with Gasteiger partial charge < -0.3 is 15.2 Å². The fourth-order valence-electron chi connectivity index (χ4n) is 2.41. The molecule has 1 amide bonds. The molecule has 2 aromatic carbocycles. The number of nitrogens with one attached hydrogen (secondary N) is 1. The van der Waals surface area contributed by atoms with E-state index in [0.29, 0.717) is 16.8 Å². The van der Waals surface area contributed by atoms with E-state index in [2.05, 4.69) is 5.32 Å². The van der Waals surface area contributed by atoms with E-state index < -0.39 is 23.1 Å². The van der Waals surface area contributed by atoms with Crippen molar-refractivity contribution in [2.24, 2.45) is 0 Å². The summed E-state index contributed by atoms with van der Waals surface area (Å²) in [7, 11) is 0. The first-order chi connectivity index (χ1) is 13.9. The SMILES string of the molecule is CCOC(=O)c1ccc(NC(=O)CS[C@@H](CC(=O)c2ccccc2)C(=O)O)cc1. The molecule has 2 rings (SSSR count). The van der Waals surface area contributed by atoms with Gasteiger partial charge >= 0.3 is 11.9 Å². The van der Waals surface area contributed by atoms with Crippen LogP contribution < -0.4 is 5.32 Å². The Morgan fingerprint density at radius 1 is 1.00 bits per heavy atom. The minimum absolute atomic E-state index is 0.126. The number of carbonyl (C=O) groups excluding carboxylic acids is 3. The predicted octanol–water partition coefficient (Wildman–Crippen LogP) is 3.26. The average Bonchev–Trinajstić information content (AvgIpc) is 2.72. The van der Waals surface area contributed by atoms with E-state index in [1.807, 2.05) is 0 Å². The summed E-state index contributed by atoms with van der Waals surface area (Å²) >= 11 is 0.888. The molecule has 0 saturated carbocycles. The van der Waals surface area contributed by atoms with Crippen molar-refractivity contribution in [2.75, 3.05) is 17.7 Å². The van der Waals surface area contributed by atoms with Crippen LogP contribution in [0.1, 0.15) is 34.1 Å². The number of ether oxygens (including phenoxy) is 1. The number of Topliss-reactive ketones (excluding diaryl/α,β-unsaturated/α-hetero) is 1. The van der Waals surface area contributed by atoms with Gasteiger partial charge in [-0.2, -0.15) is 0 Å². The lowest BCUT2D eigenvalue weighted by Gasteiger charge is -2.12. The standard InChI is InChI=1S/C21H21NO6S/c1-2-28-21(27)15-8-10-16(11-9-15)22-19(24)13-29-18(20(25)26)12-17(23)14-6-4-3-5-7-14/h3-11,18H,2,12-13H2,1H3,(H,22,24)(H,25,26)/t18-/m0/s1. The molecule has 0 saturated heterocycles. The molecule has 1 atom stereocenters. The maximum absolute atomic E-state index is 12.2. The Morgan fingerprint density at radius 3 is 2.24 bits per heavy atom. The highest BCUT2D eigenvalue weighted by atomic mass is 32.2. The fourth-order valence-corrected chi connectivity index (χ4v) is 3.24. The van der Waals surface area contributed by atoms with E-state index >= 15 is 0 Å². The van der Waals surface area contributed by atoms with Crippen molar-refractivity contribution < 1.29 is 29.0 Å². The Hall–Kier alpha value is -3.13. The second-order valence-corrected chi connectivity index (χ2v) is 7.17. The molecule has 0 spiro atoms. The zero-order chi connectivity index (χ0) is 21.2. The molecule has 0 radical (unpaired) electrons. The number of thioether (sulfide) groups is 1. The van der Waals surface area contributed by atoms with Gasteiger partial charge in [-0.25, -0.2) is 4.79 Å². The largest absolute Gasteiger partial charge is 0.480 e. The first-order valence-corrected chi connectivity index (χ1v) is 9.95. The van der Waals surface area contributed by atoms with Gasteiger partial charge in [0.1, 0.15) is 5.25 Å². The summed E-state index contributed by atoms with van der Waals surface area (Å²) in [6.07, 6.45) is -0.203. The Morgan fingerprint density at radius 2 is 1.66 bits per heavy atom. The van der Waals surface area contributed by atoms with E-state index in [9.17, 15) is 24.3 Å². The highest BCUT2D eigenvalue weighted by Gasteiger charge is 2.23. The zero-order valence-electron chi connectivity index (χ0n) is 15.8. The van der Waals surface area contributed by atoms with Crippen molar-refractivity contribution in [3.05, 3.63) is 65.7 Å². The Labute approximate surface area is 172 Å². The van der Waals surface area contributed by atoms with Crippen LogP contribution in [-0.4, -0.2) is 46.3 Å². The number of carbonyl (C=O) groups is 4. The summed E-state index contributed by atoms with van der Waals surface area (Å²) in [4.78, 5) is 47.4. The fraction of sp³-hybridized carbons (Fsp3) is 0.238. The molecule has 0 aromatic heterocycles. The van der Waals surface area contributed by atoms with Gasteiger partial charge in [0, 0.05) is 17.7 Å². The molecule has 29 heavy (non-hydrogen) atoms. The molecule has 0 aliphatic carbocycles. The molecule has 0 heterocycles. The number of aliphatic carboxylic acids is 1. The van der Waals surface area contributed by atoms with Gasteiger partial charge in [-0.3, -0.25) is 14.4 Å². The van der Waals surface area contributed by atoms with Crippen LogP contribution in [0.15, 0.2) is 54.6 Å². The van der Waals surface area contributed by atoms with Gasteiger partial charge in [0.15, 0.2) is 5.78 Å². The first kappa shape index (κ1) is 22.2. The van der Waals surface area contributed by atoms with Crippen molar-refractivity contribution in [1.82, 2.24) is 0 Å². The molecule has 8 heteroatoms. The molecule has 0 aliphatic heterocycles. The molecule has 0 aliphatic rings. The van der Waals surface area contributed by atoms with Crippen LogP contribution in [0.5, 0.6) is 0 Å². The highest BCUT2D eigenvalue weighted by molar-refractivity contribution is 8.01. The molecule has 2 aromatic rings. The van der Waals surface area contributed by atoms with Crippen molar-refractivity contribution >= 4 is 41.1 Å². The smallest absolute Gasteiger partial charge is 0.338 e. The number of rotatable bonds is 10. The maximum atomic E-state index is 12.2. The molecule has 152 valence electrons. The van der Waals surface area contributed by atoms with Crippen LogP contribution in [0.3, 0.4) is 0 Å². The lowest BCUT2D eigenvalue weighted by atomic mass is 10.1. The summed E-state index contributed by atoms with van der Waals surface area (Å²) < 4.78 is 4.89. The minimum Gasteiger partial charge on any atom is -0.480 e. The zero-order valence-corrected chi connectivity index (χ0v) is 16.6. The number of benzene rings is 2. The number of esters is 1. The number of anilines is 1. The van der Waals surface area contributed by atoms with Crippen LogP contribution in [0.2, 0.25) is 0 Å². The highest BCUT2D eigenvalue weighted by Crippen LogP contribution is 2.19. The minimum atomic E-state index is -1.15. The second-order valence-electron chi connectivity index (χ2n) is 5.98. The van der Waals surface area contributed by atoms with E-state index in [1.165, 1.54) is 12.1 Å². The third kappa shape index (κ3) is 7.08. The van der Waals surface area contributed by atoms with Crippen LogP contribution in [0.4, 0.5) is 5.69 Å². The number of carboxylic acids is 1. The number of hydrogen-bond donors (Lipinski definition) is 2. The van der Waals surface area contributed by atoms with E-state index in [-0.39, 0.29) is 24.6 Å². The average molecular weight is 415 g/mol. The molecular weight excluding hydrogens is 394 g/mol. The molecular formula is C21H21NO6S. The Kier molecular flexibility index (Phi) is 8.42. The van der Waals surface area contributed by atoms with Gasteiger partial charge in [0.05, 0.1) is 17.9 Å². The third-order valence-corrected chi connectivity index (χ3v) is 5.04. The van der Waals surface area contributed by atoms with E-state index in [4.69, 9.17) is 4.74 Å². The van der Waals surface area contributed by atoms with Crippen molar-refractivity contribution in [2.45, 2.75) is 18.6 Å². The topological polar surface area (TPSA) is 110 Å². The number of ketones is 1. The summed E-state index contributed by atoms with van der Waals surface area (Å²) in [6, 6.07) is 14.6. The molecule has 0 bridgehead atoms. The first-order valence-electron chi connectivity index (χ1n) is 8.90. The monoisotopic (exact) mass is 415 g/mol. The third-order valence-electron chi connectivity index (χ3n) is 3.84. The summed E-state index contributed by atoms with van der Waals surface area (Å²) in [5, 5.41) is 11.0. The number of hydrogen-bond acceptors (Lipinski definition) is 6. The quantitative estimate of drug-likeness (QED) is 0.453. The van der Waals surface area contributed by atoms with Crippen molar-refractivity contribution in [3.8, 4) is 0 Å². The summed E-state index contributed by atoms with van der Waals surface area (Å²) in [6.45, 7) is 1.98. The van der Waals surface area contributed by atoms with E-state index in [0.717, 1.165) is 11.8 Å². The maximum Gasteiger partial charge on any atom is 0.338 e. The molecule has 7 nitrogen and oxygen atoms in total. The number of amides is 1. The van der Waals surface area contributed by atoms with Gasteiger partial charge in [-0.15, -0.1) is 11.8 Å². The van der Waals surface area contributed by atoms with E-state index in [1.54, 1.807) is 49.4 Å². The lowest BCUT2D eigenvalue weighted by Crippen LogP contribution is -2.24. The second kappa shape index (κ2) is 11.0. The van der Waals surface area contributed by atoms with Gasteiger partial charge in [0.25, 0.3) is 0 Å². The van der Waals surface area contributed by atoms with Crippen molar-refractivity contribution in [3.63, 3.8) is 0 Å². The molecule has 2 N–H and O–H groups in total. The lowest BCUT2D eigenvalue weighted by molar-refractivity contribution is -0.136.